The molecule has 9 rings (SSSR count). The number of benzene rings is 5. The highest BCUT2D eigenvalue weighted by Gasteiger charge is 2.42. The molecule has 4 aliphatic rings. The fourth-order valence-corrected chi connectivity index (χ4v) is 25.9. The maximum Gasteiger partial charge on any atom is 0.00161 e. The molecule has 58 heavy (non-hydrogen) atoms. The fraction of sp³-hybridized carbons (Fsp3) is 0.444. The van der Waals surface area contributed by atoms with Gasteiger partial charge in [-0.2, -0.15) is 0 Å². The molecule has 0 aromatic heterocycles. The molecule has 0 spiro atoms. The first-order valence-electron chi connectivity index (χ1n) is 23.4. The van der Waals surface area contributed by atoms with Crippen molar-refractivity contribution in [2.45, 2.75) is 151 Å². The summed E-state index contributed by atoms with van der Waals surface area (Å²) in [6, 6.07) is 53.2. The van der Waals surface area contributed by atoms with Gasteiger partial charge in [0.25, 0.3) is 0 Å². The van der Waals surface area contributed by atoms with E-state index in [1.165, 1.54) is 139 Å². The molecule has 0 unspecified atom stereocenters. The lowest BCUT2D eigenvalue weighted by atomic mass is 9.99. The first-order valence-corrected chi connectivity index (χ1v) is 29.0. The molecule has 0 saturated heterocycles. The molecular weight excluding hydrogens is 772 g/mol. The molecule has 4 fully saturated rings. The summed E-state index contributed by atoms with van der Waals surface area (Å²) in [6.07, 6.45) is 29.0. The largest absolute Gasteiger partial charge is 0.0682 e. The van der Waals surface area contributed by atoms with Gasteiger partial charge in [0.15, 0.2) is 0 Å². The Morgan fingerprint density at radius 3 is 0.897 bits per heavy atom. The number of rotatable bonds is 12. The SMILES string of the molecule is c1ccc(P(c2ccccc2)c2ccc(P(C3CCCCC3)C3CCCCC3)c(P(C3CCCCC3)C3CCCCC3)c2P(c2ccccc2)c2ccccc2)cc1. The Bertz CT molecular complexity index is 1860. The molecular formula is C54H66P4. The predicted octanol–water partition coefficient (Wildman–Crippen LogP) is 12.7. The van der Waals surface area contributed by atoms with E-state index in [0.29, 0.717) is 0 Å². The topological polar surface area (TPSA) is 0 Å². The van der Waals surface area contributed by atoms with Crippen LogP contribution in [0, 0.1) is 0 Å². The zero-order chi connectivity index (χ0) is 38.9. The molecule has 5 aromatic carbocycles. The molecule has 302 valence electrons. The molecule has 0 N–H and O–H groups in total. The van der Waals surface area contributed by atoms with Crippen molar-refractivity contribution in [2.75, 3.05) is 0 Å². The van der Waals surface area contributed by atoms with Gasteiger partial charge in [-0.1, -0.05) is 226 Å². The molecule has 4 aliphatic carbocycles. The van der Waals surface area contributed by atoms with Crippen LogP contribution in [0.15, 0.2) is 133 Å². The van der Waals surface area contributed by atoms with Crippen molar-refractivity contribution in [3.63, 3.8) is 0 Å². The smallest absolute Gasteiger partial charge is 0.00161 e. The van der Waals surface area contributed by atoms with E-state index >= 15 is 0 Å². The standard InChI is InChI=1S/C54H66P4/c1-9-25-43(26-10-1)55(44-27-11-2-12-28-44)51-41-42-52(56(45-29-13-3-14-30-45)46-31-15-4-16-32-46)54(58(49-37-21-7-22-38-49)50-39-23-8-24-40-50)53(51)57(47-33-17-5-18-34-47)48-35-19-6-20-36-48/h1-2,5-6,9-12,17-20,25-28,33-36,41-42,45-46,49-50H,3-4,7-8,13-16,21-24,29-32,37-40H2. The Balaban J connectivity index is 1.41. The summed E-state index contributed by atoms with van der Waals surface area (Å²) in [5, 5.41) is 13.5. The molecule has 0 atom stereocenters. The van der Waals surface area contributed by atoms with E-state index in [1.807, 2.05) is 15.9 Å². The fourth-order valence-electron chi connectivity index (χ4n) is 11.4. The molecule has 0 aliphatic heterocycles. The Morgan fingerprint density at radius 1 is 0.259 bits per heavy atom. The molecule has 4 heteroatoms. The van der Waals surface area contributed by atoms with E-state index in [4.69, 9.17) is 0 Å². The quantitative estimate of drug-likeness (QED) is 0.110. The highest BCUT2D eigenvalue weighted by Crippen LogP contribution is 2.60. The first kappa shape index (κ1) is 41.2. The minimum Gasteiger partial charge on any atom is -0.0682 e. The summed E-state index contributed by atoms with van der Waals surface area (Å²) < 4.78 is 0. The summed E-state index contributed by atoms with van der Waals surface area (Å²) in [6.45, 7) is 0. The van der Waals surface area contributed by atoms with Crippen molar-refractivity contribution in [1.82, 2.24) is 0 Å². The second-order valence-corrected chi connectivity index (χ2v) is 27.6. The summed E-state index contributed by atoms with van der Waals surface area (Å²) >= 11 is 0. The van der Waals surface area contributed by atoms with E-state index < -0.39 is 15.8 Å². The lowest BCUT2D eigenvalue weighted by Crippen LogP contribution is -2.50. The third-order valence-electron chi connectivity index (χ3n) is 14.0. The van der Waals surface area contributed by atoms with Gasteiger partial charge in [-0.3, -0.25) is 0 Å². The Labute approximate surface area is 356 Å². The number of hydrogen-bond donors (Lipinski definition) is 0. The van der Waals surface area contributed by atoms with E-state index in [9.17, 15) is 0 Å². The van der Waals surface area contributed by atoms with Crippen molar-refractivity contribution in [1.29, 1.82) is 0 Å². The minimum atomic E-state index is -0.808. The Morgan fingerprint density at radius 2 is 0.552 bits per heavy atom. The molecule has 0 bridgehead atoms. The van der Waals surface area contributed by atoms with Crippen LogP contribution in [0.2, 0.25) is 0 Å². The van der Waals surface area contributed by atoms with E-state index in [1.54, 1.807) is 15.9 Å². The van der Waals surface area contributed by atoms with Gasteiger partial charge >= 0.3 is 0 Å². The van der Waals surface area contributed by atoms with Crippen LogP contribution < -0.4 is 42.4 Å². The maximum absolute atomic E-state index is 2.88. The Kier molecular flexibility index (Phi) is 14.6. The monoisotopic (exact) mass is 838 g/mol. The average molecular weight is 839 g/mol. The first-order chi connectivity index (χ1) is 28.8. The molecule has 4 saturated carbocycles. The minimum absolute atomic E-state index is 0.273. The van der Waals surface area contributed by atoms with Gasteiger partial charge in [0, 0.05) is 5.30 Å². The van der Waals surface area contributed by atoms with Crippen LogP contribution in [0.25, 0.3) is 0 Å². The van der Waals surface area contributed by atoms with Crippen molar-refractivity contribution < 1.29 is 0 Å². The van der Waals surface area contributed by atoms with Gasteiger partial charge in [-0.15, -0.1) is 0 Å². The summed E-state index contributed by atoms with van der Waals surface area (Å²) in [7, 11) is -2.22. The van der Waals surface area contributed by atoms with Gasteiger partial charge in [-0.25, -0.2) is 0 Å². The lowest BCUT2D eigenvalue weighted by Gasteiger charge is -2.46. The van der Waals surface area contributed by atoms with Gasteiger partial charge in [-0.05, 0) is 127 Å². The molecule has 0 nitrogen and oxygen atoms in total. The summed E-state index contributed by atoms with van der Waals surface area (Å²) in [4.78, 5) is 0. The van der Waals surface area contributed by atoms with Gasteiger partial charge in [0.05, 0.1) is 0 Å². The van der Waals surface area contributed by atoms with Crippen LogP contribution in [0.5, 0.6) is 0 Å². The van der Waals surface area contributed by atoms with Crippen LogP contribution in [-0.2, 0) is 0 Å². The highest BCUT2D eigenvalue weighted by molar-refractivity contribution is 7.87. The van der Waals surface area contributed by atoms with Crippen molar-refractivity contribution in [2.24, 2.45) is 0 Å². The molecule has 0 radical (unpaired) electrons. The Hall–Kier alpha value is -2.18. The third kappa shape index (κ3) is 9.34. The third-order valence-corrected chi connectivity index (χ3v) is 26.7. The van der Waals surface area contributed by atoms with Crippen LogP contribution in [0.4, 0.5) is 0 Å². The van der Waals surface area contributed by atoms with E-state index in [0.717, 1.165) is 22.6 Å². The van der Waals surface area contributed by atoms with Gasteiger partial charge < -0.3 is 0 Å². The van der Waals surface area contributed by atoms with Crippen molar-refractivity contribution in [3.05, 3.63) is 133 Å². The second kappa shape index (κ2) is 20.6. The number of hydrogen-bond acceptors (Lipinski definition) is 0. The molecule has 5 aromatic rings. The van der Waals surface area contributed by atoms with E-state index in [2.05, 4.69) is 133 Å². The second-order valence-electron chi connectivity index (χ2n) is 17.8. The van der Waals surface area contributed by atoms with E-state index in [-0.39, 0.29) is 15.8 Å². The zero-order valence-electron chi connectivity index (χ0n) is 34.9. The zero-order valence-corrected chi connectivity index (χ0v) is 38.5. The average Bonchev–Trinajstić information content (AvgIpc) is 3.31. The summed E-state index contributed by atoms with van der Waals surface area (Å²) in [5.41, 5.74) is 3.50. The van der Waals surface area contributed by atoms with Crippen LogP contribution in [0.1, 0.15) is 128 Å². The molecule has 0 heterocycles. The lowest BCUT2D eigenvalue weighted by molar-refractivity contribution is 0.486. The normalized spacial score (nSPS) is 19.4. The predicted molar refractivity (Wildman–Crippen MR) is 264 cm³/mol. The van der Waals surface area contributed by atoms with Crippen molar-refractivity contribution >= 4 is 74.1 Å². The van der Waals surface area contributed by atoms with Crippen LogP contribution in [0.3, 0.4) is 0 Å². The summed E-state index contributed by atoms with van der Waals surface area (Å²) in [5.74, 6) is 0. The van der Waals surface area contributed by atoms with Gasteiger partial charge in [0.2, 0.25) is 0 Å². The highest BCUT2D eigenvalue weighted by atomic mass is 31.1. The van der Waals surface area contributed by atoms with Crippen molar-refractivity contribution in [3.8, 4) is 0 Å². The molecule has 0 amide bonds. The van der Waals surface area contributed by atoms with Crippen LogP contribution in [-0.4, -0.2) is 22.6 Å². The van der Waals surface area contributed by atoms with Gasteiger partial charge in [0.1, 0.15) is 0 Å². The maximum atomic E-state index is 2.88. The van der Waals surface area contributed by atoms with Crippen LogP contribution >= 0.6 is 31.7 Å².